The van der Waals surface area contributed by atoms with Gasteiger partial charge in [0.1, 0.15) is 0 Å². The van der Waals surface area contributed by atoms with Gasteiger partial charge in [0.05, 0.1) is 6.61 Å². The molecule has 0 radical (unpaired) electrons. The molecule has 0 spiro atoms. The number of ether oxygens (including phenoxy) is 1. The van der Waals surface area contributed by atoms with Crippen molar-refractivity contribution in [3.63, 3.8) is 0 Å². The van der Waals surface area contributed by atoms with E-state index in [2.05, 4.69) is 59.1 Å². The molecule has 1 aromatic rings. The first-order chi connectivity index (χ1) is 9.29. The molecule has 1 aliphatic heterocycles. The van der Waals surface area contributed by atoms with Crippen molar-refractivity contribution in [1.29, 1.82) is 0 Å². The van der Waals surface area contributed by atoms with Crippen LogP contribution < -0.4 is 5.32 Å². The van der Waals surface area contributed by atoms with Crippen LogP contribution in [0.15, 0.2) is 24.3 Å². The van der Waals surface area contributed by atoms with Crippen LogP contribution in [0.5, 0.6) is 0 Å². The lowest BCUT2D eigenvalue weighted by Crippen LogP contribution is -2.42. The lowest BCUT2D eigenvalue weighted by atomic mass is 9.89. The Bertz CT molecular complexity index is 360. The van der Waals surface area contributed by atoms with E-state index in [9.17, 15) is 0 Å². The summed E-state index contributed by atoms with van der Waals surface area (Å²) in [5.74, 6) is 0.666. The first kappa shape index (κ1) is 15.3. The third-order valence-corrected chi connectivity index (χ3v) is 4.51. The Morgan fingerprint density at radius 3 is 2.79 bits per heavy atom. The van der Waals surface area contributed by atoms with E-state index in [0.29, 0.717) is 12.0 Å². The van der Waals surface area contributed by atoms with Gasteiger partial charge < -0.3 is 10.1 Å². The summed E-state index contributed by atoms with van der Waals surface area (Å²) in [4.78, 5) is 0. The normalized spacial score (nSPS) is 21.3. The molecule has 0 amide bonds. The van der Waals surface area contributed by atoms with Crippen LogP contribution in [0.4, 0.5) is 0 Å². The molecule has 2 rings (SSSR count). The van der Waals surface area contributed by atoms with E-state index in [1.807, 2.05) is 0 Å². The van der Waals surface area contributed by atoms with Crippen molar-refractivity contribution in [3.05, 3.63) is 33.4 Å². The molecule has 19 heavy (non-hydrogen) atoms. The van der Waals surface area contributed by atoms with Crippen LogP contribution >= 0.6 is 22.6 Å². The topological polar surface area (TPSA) is 21.3 Å². The predicted molar refractivity (Wildman–Crippen MR) is 88.5 cm³/mol. The molecule has 2 unspecified atom stereocenters. The largest absolute Gasteiger partial charge is 0.381 e. The average Bonchev–Trinajstić information content (AvgIpc) is 2.46. The molecule has 106 valence electrons. The predicted octanol–water partition coefficient (Wildman–Crippen LogP) is 3.63. The lowest BCUT2D eigenvalue weighted by molar-refractivity contribution is 0.0393. The minimum absolute atomic E-state index is 0.556. The van der Waals surface area contributed by atoms with Gasteiger partial charge in [-0.1, -0.05) is 19.1 Å². The van der Waals surface area contributed by atoms with Crippen molar-refractivity contribution in [3.8, 4) is 0 Å². The molecule has 1 fully saturated rings. The van der Waals surface area contributed by atoms with Crippen molar-refractivity contribution in [2.24, 2.45) is 5.92 Å². The summed E-state index contributed by atoms with van der Waals surface area (Å²) in [5, 5.41) is 3.72. The lowest BCUT2D eigenvalue weighted by Gasteiger charge is -2.31. The third kappa shape index (κ3) is 5.04. The highest BCUT2D eigenvalue weighted by Crippen LogP contribution is 2.21. The summed E-state index contributed by atoms with van der Waals surface area (Å²) in [6.45, 7) is 5.20. The average molecular weight is 373 g/mol. The van der Waals surface area contributed by atoms with E-state index in [1.54, 1.807) is 0 Å². The Morgan fingerprint density at radius 1 is 1.37 bits per heavy atom. The van der Waals surface area contributed by atoms with E-state index in [4.69, 9.17) is 4.74 Å². The van der Waals surface area contributed by atoms with Crippen LogP contribution in [-0.4, -0.2) is 25.8 Å². The van der Waals surface area contributed by atoms with Gasteiger partial charge in [-0.2, -0.15) is 0 Å². The fourth-order valence-electron chi connectivity index (χ4n) is 2.69. The van der Waals surface area contributed by atoms with Gasteiger partial charge in [0, 0.05) is 16.2 Å². The molecule has 0 bridgehead atoms. The second-order valence-corrected chi connectivity index (χ2v) is 6.61. The van der Waals surface area contributed by atoms with Crippen LogP contribution in [-0.2, 0) is 11.2 Å². The van der Waals surface area contributed by atoms with E-state index in [0.717, 1.165) is 26.2 Å². The number of rotatable bonds is 6. The zero-order valence-corrected chi connectivity index (χ0v) is 13.9. The fraction of sp³-hybridized carbons (Fsp3) is 0.625. The quantitative estimate of drug-likeness (QED) is 0.769. The first-order valence-corrected chi connectivity index (χ1v) is 8.43. The van der Waals surface area contributed by atoms with Crippen molar-refractivity contribution < 1.29 is 4.74 Å². The molecular weight excluding hydrogens is 349 g/mol. The minimum Gasteiger partial charge on any atom is -0.381 e. The zero-order valence-electron chi connectivity index (χ0n) is 11.7. The molecule has 2 nitrogen and oxygen atoms in total. The number of benzene rings is 1. The highest BCUT2D eigenvalue weighted by atomic mass is 127. The van der Waals surface area contributed by atoms with Crippen LogP contribution in [0, 0.1) is 9.49 Å². The maximum Gasteiger partial charge on any atom is 0.0509 e. The minimum atomic E-state index is 0.556. The summed E-state index contributed by atoms with van der Waals surface area (Å²) < 4.78 is 6.96. The number of halogens is 1. The standard InChI is InChI=1S/C16H24INO/c1-2-9-18-16(14-4-3-10-19-12-14)11-13-5-7-15(17)8-6-13/h5-8,14,16,18H,2-4,9-12H2,1H3. The van der Waals surface area contributed by atoms with Crippen LogP contribution in [0.3, 0.4) is 0 Å². The van der Waals surface area contributed by atoms with E-state index in [1.165, 1.54) is 28.4 Å². The van der Waals surface area contributed by atoms with Gasteiger partial charge in [0.25, 0.3) is 0 Å². The monoisotopic (exact) mass is 373 g/mol. The van der Waals surface area contributed by atoms with E-state index >= 15 is 0 Å². The van der Waals surface area contributed by atoms with Gasteiger partial charge in [0.2, 0.25) is 0 Å². The summed E-state index contributed by atoms with van der Waals surface area (Å²) in [5.41, 5.74) is 1.43. The summed E-state index contributed by atoms with van der Waals surface area (Å²) in [6, 6.07) is 9.47. The van der Waals surface area contributed by atoms with Crippen LogP contribution in [0.1, 0.15) is 31.7 Å². The van der Waals surface area contributed by atoms with Gasteiger partial charge in [-0.3, -0.25) is 0 Å². The number of nitrogens with one attached hydrogen (secondary N) is 1. The molecule has 0 aliphatic carbocycles. The van der Waals surface area contributed by atoms with Gasteiger partial charge in [0.15, 0.2) is 0 Å². The SMILES string of the molecule is CCCNC(Cc1ccc(I)cc1)C1CCCOC1. The third-order valence-electron chi connectivity index (χ3n) is 3.79. The first-order valence-electron chi connectivity index (χ1n) is 7.35. The zero-order chi connectivity index (χ0) is 13.5. The number of hydrogen-bond acceptors (Lipinski definition) is 2. The van der Waals surface area contributed by atoms with Crippen LogP contribution in [0.2, 0.25) is 0 Å². The second kappa shape index (κ2) is 8.22. The molecule has 1 N–H and O–H groups in total. The summed E-state index contributed by atoms with van der Waals surface area (Å²) >= 11 is 2.36. The molecule has 2 atom stereocenters. The van der Waals surface area contributed by atoms with Gasteiger partial charge >= 0.3 is 0 Å². The second-order valence-electron chi connectivity index (χ2n) is 5.37. The summed E-state index contributed by atoms with van der Waals surface area (Å²) in [7, 11) is 0. The maximum absolute atomic E-state index is 5.66. The summed E-state index contributed by atoms with van der Waals surface area (Å²) in [6.07, 6.45) is 4.81. The molecule has 0 aromatic heterocycles. The Labute approximate surface area is 130 Å². The van der Waals surface area contributed by atoms with E-state index in [-0.39, 0.29) is 0 Å². The molecule has 1 aromatic carbocycles. The van der Waals surface area contributed by atoms with Gasteiger partial charge in [-0.25, -0.2) is 0 Å². The van der Waals surface area contributed by atoms with Gasteiger partial charge in [-0.05, 0) is 78.4 Å². The highest BCUT2D eigenvalue weighted by molar-refractivity contribution is 14.1. The van der Waals surface area contributed by atoms with Crippen molar-refractivity contribution in [2.75, 3.05) is 19.8 Å². The van der Waals surface area contributed by atoms with Crippen molar-refractivity contribution in [1.82, 2.24) is 5.32 Å². The molecule has 1 saturated heterocycles. The van der Waals surface area contributed by atoms with Gasteiger partial charge in [-0.15, -0.1) is 0 Å². The number of hydrogen-bond donors (Lipinski definition) is 1. The molecule has 0 saturated carbocycles. The fourth-order valence-corrected chi connectivity index (χ4v) is 3.05. The molecule has 3 heteroatoms. The van der Waals surface area contributed by atoms with Crippen molar-refractivity contribution in [2.45, 2.75) is 38.6 Å². The van der Waals surface area contributed by atoms with Crippen LogP contribution in [0.25, 0.3) is 0 Å². The molecular formula is C16H24INO. The Kier molecular flexibility index (Phi) is 6.61. The molecule has 1 heterocycles. The Balaban J connectivity index is 1.97. The van der Waals surface area contributed by atoms with E-state index < -0.39 is 0 Å². The Hall–Kier alpha value is -0.130. The highest BCUT2D eigenvalue weighted by Gasteiger charge is 2.23. The molecule has 1 aliphatic rings. The maximum atomic E-state index is 5.66. The Morgan fingerprint density at radius 2 is 2.16 bits per heavy atom. The van der Waals surface area contributed by atoms with Crippen molar-refractivity contribution >= 4 is 22.6 Å². The smallest absolute Gasteiger partial charge is 0.0509 e.